The molecular weight excluding hydrogens is 635 g/mol. The first kappa shape index (κ1) is 39.4. The predicted molar refractivity (Wildman–Crippen MR) is 200 cm³/mol. The van der Waals surface area contributed by atoms with Gasteiger partial charge in [-0.25, -0.2) is 13.6 Å². The Balaban J connectivity index is 1.46. The maximum atomic E-state index is 15.9. The quantitative estimate of drug-likeness (QED) is 0.0748. The van der Waals surface area contributed by atoms with Crippen LogP contribution in [0.15, 0.2) is 42.5 Å². The molecule has 7 heteroatoms. The number of esters is 1. The van der Waals surface area contributed by atoms with E-state index in [0.29, 0.717) is 16.7 Å². The zero-order valence-electron chi connectivity index (χ0n) is 30.7. The molecule has 0 spiro atoms. The molecule has 0 aromatic heterocycles. The van der Waals surface area contributed by atoms with Crippen LogP contribution < -0.4 is 5.19 Å². The fourth-order valence-corrected chi connectivity index (χ4v) is 11.6. The van der Waals surface area contributed by atoms with E-state index in [9.17, 15) is 15.0 Å². The fraction of sp³-hybridized carbons (Fsp3) is 0.643. The number of rotatable bonds is 17. The molecule has 0 atom stereocenters. The van der Waals surface area contributed by atoms with E-state index in [1.54, 1.807) is 19.1 Å². The molecule has 0 saturated heterocycles. The molecule has 4 rings (SSSR count). The van der Waals surface area contributed by atoms with Gasteiger partial charge in [0.25, 0.3) is 0 Å². The SMILES string of the molecule is C=C(C)C(=O)OCc1cc(-c2ccc(C3CCC(C4CCC(CCCCC)CC4)CC3)c(F)c2F)ccc1[Si](C)(C)CCCC(CO)CO. The minimum Gasteiger partial charge on any atom is -0.457 e. The average molecular weight is 697 g/mol. The summed E-state index contributed by atoms with van der Waals surface area (Å²) in [5, 5.41) is 20.1. The van der Waals surface area contributed by atoms with Gasteiger partial charge in [-0.05, 0) is 98.3 Å². The maximum Gasteiger partial charge on any atom is 0.333 e. The van der Waals surface area contributed by atoms with Gasteiger partial charge in [-0.3, -0.25) is 0 Å². The summed E-state index contributed by atoms with van der Waals surface area (Å²) in [4.78, 5) is 12.3. The molecule has 0 heterocycles. The highest BCUT2D eigenvalue weighted by Gasteiger charge is 2.33. The lowest BCUT2D eigenvalue weighted by Gasteiger charge is -2.38. The number of carbonyl (C=O) groups is 1. The van der Waals surface area contributed by atoms with E-state index < -0.39 is 25.7 Å². The highest BCUT2D eigenvalue weighted by molar-refractivity contribution is 6.90. The summed E-state index contributed by atoms with van der Waals surface area (Å²) in [6, 6.07) is 10.1. The zero-order valence-corrected chi connectivity index (χ0v) is 31.7. The lowest BCUT2D eigenvalue weighted by atomic mass is 9.68. The Labute approximate surface area is 295 Å². The smallest absolute Gasteiger partial charge is 0.333 e. The first-order chi connectivity index (χ1) is 23.5. The molecule has 49 heavy (non-hydrogen) atoms. The van der Waals surface area contributed by atoms with Gasteiger partial charge in [-0.2, -0.15) is 0 Å². The second-order valence-electron chi connectivity index (χ2n) is 16.0. The number of aliphatic hydroxyl groups excluding tert-OH is 2. The molecule has 2 aromatic rings. The molecule has 0 radical (unpaired) electrons. The van der Waals surface area contributed by atoms with Crippen LogP contribution in [0.3, 0.4) is 0 Å². The minimum atomic E-state index is -2.07. The fourth-order valence-electron chi connectivity index (χ4n) is 8.65. The molecule has 2 saturated carbocycles. The Morgan fingerprint density at radius 1 is 0.918 bits per heavy atom. The number of aliphatic hydroxyl groups is 2. The highest BCUT2D eigenvalue weighted by atomic mass is 28.3. The summed E-state index contributed by atoms with van der Waals surface area (Å²) in [6.07, 6.45) is 16.4. The van der Waals surface area contributed by atoms with Crippen molar-refractivity contribution in [2.75, 3.05) is 13.2 Å². The Morgan fingerprint density at radius 2 is 1.57 bits per heavy atom. The van der Waals surface area contributed by atoms with E-state index in [4.69, 9.17) is 4.74 Å². The average Bonchev–Trinajstić information content (AvgIpc) is 3.10. The summed E-state index contributed by atoms with van der Waals surface area (Å²) in [7, 11) is -2.07. The molecule has 0 unspecified atom stereocenters. The molecule has 2 aliphatic carbocycles. The summed E-state index contributed by atoms with van der Waals surface area (Å²) >= 11 is 0. The Morgan fingerprint density at radius 3 is 2.18 bits per heavy atom. The van der Waals surface area contributed by atoms with Crippen LogP contribution in [0, 0.1) is 35.3 Å². The van der Waals surface area contributed by atoms with Crippen molar-refractivity contribution in [3.63, 3.8) is 0 Å². The molecule has 2 N–H and O–H groups in total. The first-order valence-corrected chi connectivity index (χ1v) is 22.4. The van der Waals surface area contributed by atoms with Crippen molar-refractivity contribution in [2.45, 2.75) is 135 Å². The zero-order chi connectivity index (χ0) is 35.6. The van der Waals surface area contributed by atoms with Crippen molar-refractivity contribution in [3.05, 3.63) is 65.2 Å². The van der Waals surface area contributed by atoms with Crippen molar-refractivity contribution in [3.8, 4) is 11.1 Å². The van der Waals surface area contributed by atoms with E-state index in [2.05, 4.69) is 26.6 Å². The number of carbonyl (C=O) groups excluding carboxylic acids is 1. The highest BCUT2D eigenvalue weighted by Crippen LogP contribution is 2.45. The van der Waals surface area contributed by atoms with Crippen LogP contribution in [-0.4, -0.2) is 37.5 Å². The minimum absolute atomic E-state index is 0.0210. The van der Waals surface area contributed by atoms with Crippen molar-refractivity contribution in [2.24, 2.45) is 23.7 Å². The Bertz CT molecular complexity index is 1370. The molecule has 272 valence electrons. The lowest BCUT2D eigenvalue weighted by Crippen LogP contribution is -2.43. The monoisotopic (exact) mass is 696 g/mol. The number of ether oxygens (including phenoxy) is 1. The topological polar surface area (TPSA) is 66.8 Å². The summed E-state index contributed by atoms with van der Waals surface area (Å²) in [5.41, 5.74) is 2.38. The van der Waals surface area contributed by atoms with Crippen LogP contribution in [0.2, 0.25) is 19.1 Å². The van der Waals surface area contributed by atoms with Crippen LogP contribution in [0.4, 0.5) is 8.78 Å². The molecule has 0 aliphatic heterocycles. The van der Waals surface area contributed by atoms with Gasteiger partial charge in [0.05, 0.1) is 8.07 Å². The van der Waals surface area contributed by atoms with E-state index >= 15 is 8.78 Å². The van der Waals surface area contributed by atoms with Gasteiger partial charge in [-0.1, -0.05) is 107 Å². The molecule has 2 aromatic carbocycles. The van der Waals surface area contributed by atoms with Crippen LogP contribution in [-0.2, 0) is 16.1 Å². The van der Waals surface area contributed by atoms with Crippen LogP contribution in [0.25, 0.3) is 11.1 Å². The summed E-state index contributed by atoms with van der Waals surface area (Å²) in [5.74, 6) is 0.302. The third-order valence-electron chi connectivity index (χ3n) is 11.9. The second kappa shape index (κ2) is 18.8. The normalized spacial score (nSPS) is 21.6. The van der Waals surface area contributed by atoms with Gasteiger partial charge in [0.1, 0.15) is 6.61 Å². The van der Waals surface area contributed by atoms with Crippen LogP contribution in [0.5, 0.6) is 0 Å². The standard InChI is InChI=1S/C42H62F2O4Si/c1-6-7-8-10-30-12-14-32(15-13-30)33-16-18-34(19-17-33)37-21-22-38(41(44)40(37)43)35-20-23-39(36(25-35)28-48-42(47)29(2)3)49(4,5)24-9-11-31(26-45)27-46/h20-23,25,30-34,45-46H,2,6-19,24,26-28H2,1,3-5H3. The number of benzene rings is 2. The van der Waals surface area contributed by atoms with Gasteiger partial charge < -0.3 is 14.9 Å². The molecular formula is C42H62F2O4Si. The summed E-state index contributed by atoms with van der Waals surface area (Å²) < 4.78 is 37.3. The van der Waals surface area contributed by atoms with Crippen molar-refractivity contribution in [1.82, 2.24) is 0 Å². The van der Waals surface area contributed by atoms with E-state index in [1.807, 2.05) is 18.2 Å². The first-order valence-electron chi connectivity index (χ1n) is 19.1. The van der Waals surface area contributed by atoms with E-state index in [1.165, 1.54) is 51.4 Å². The van der Waals surface area contributed by atoms with Crippen molar-refractivity contribution >= 4 is 19.2 Å². The number of unbranched alkanes of at least 4 members (excludes halogenated alkanes) is 2. The van der Waals surface area contributed by atoms with Gasteiger partial charge in [-0.15, -0.1) is 0 Å². The van der Waals surface area contributed by atoms with Gasteiger partial charge in [0.15, 0.2) is 11.6 Å². The summed E-state index contributed by atoms with van der Waals surface area (Å²) in [6.45, 7) is 12.0. The lowest BCUT2D eigenvalue weighted by molar-refractivity contribution is -0.140. The number of hydrogen-bond donors (Lipinski definition) is 2. The van der Waals surface area contributed by atoms with Crippen molar-refractivity contribution in [1.29, 1.82) is 0 Å². The van der Waals surface area contributed by atoms with Gasteiger partial charge in [0.2, 0.25) is 0 Å². The van der Waals surface area contributed by atoms with Crippen LogP contribution >= 0.6 is 0 Å². The van der Waals surface area contributed by atoms with E-state index in [0.717, 1.165) is 73.1 Å². The molecule has 2 fully saturated rings. The third-order valence-corrected chi connectivity index (χ3v) is 15.4. The van der Waals surface area contributed by atoms with Gasteiger partial charge >= 0.3 is 5.97 Å². The van der Waals surface area contributed by atoms with Gasteiger partial charge in [0, 0.05) is 30.3 Å². The maximum absolute atomic E-state index is 15.9. The second-order valence-corrected chi connectivity index (χ2v) is 20.8. The number of halogens is 2. The molecule has 0 bridgehead atoms. The Kier molecular flexibility index (Phi) is 15.1. The Hall–Kier alpha value is -2.35. The predicted octanol–water partition coefficient (Wildman–Crippen LogP) is 10.2. The van der Waals surface area contributed by atoms with Crippen LogP contribution in [0.1, 0.15) is 121 Å². The molecule has 0 amide bonds. The largest absolute Gasteiger partial charge is 0.457 e. The number of hydrogen-bond acceptors (Lipinski definition) is 4. The van der Waals surface area contributed by atoms with Crippen molar-refractivity contribution < 1.29 is 28.5 Å². The third kappa shape index (κ3) is 10.6. The van der Waals surface area contributed by atoms with E-state index in [-0.39, 0.29) is 37.2 Å². The molecule has 4 nitrogen and oxygen atoms in total. The molecule has 2 aliphatic rings.